The molecular weight excluding hydrogens is 291 g/mol. The highest BCUT2D eigenvalue weighted by atomic mass is 19.1. The van der Waals surface area contributed by atoms with Gasteiger partial charge in [0, 0.05) is 32.1 Å². The van der Waals surface area contributed by atoms with Gasteiger partial charge in [0.15, 0.2) is 5.96 Å². The fraction of sp³-hybridized carbons (Fsp3) is 0.611. The van der Waals surface area contributed by atoms with Crippen molar-refractivity contribution < 1.29 is 4.39 Å². The second-order valence-corrected chi connectivity index (χ2v) is 6.52. The third-order valence-corrected chi connectivity index (χ3v) is 4.81. The maximum atomic E-state index is 13.8. The molecule has 2 fully saturated rings. The largest absolute Gasteiger partial charge is 0.355 e. The molecule has 2 atom stereocenters. The molecule has 5 heteroatoms. The van der Waals surface area contributed by atoms with E-state index in [9.17, 15) is 4.39 Å². The second kappa shape index (κ2) is 7.77. The summed E-state index contributed by atoms with van der Waals surface area (Å²) in [6, 6.07) is 7.35. The van der Waals surface area contributed by atoms with Gasteiger partial charge in [0.1, 0.15) is 5.82 Å². The molecule has 0 bridgehead atoms. The first-order valence-electron chi connectivity index (χ1n) is 8.72. The van der Waals surface area contributed by atoms with Crippen molar-refractivity contribution in [3.63, 3.8) is 0 Å². The van der Waals surface area contributed by atoms with E-state index < -0.39 is 0 Å². The van der Waals surface area contributed by atoms with E-state index in [1.807, 2.05) is 12.1 Å². The molecule has 0 aromatic heterocycles. The number of benzene rings is 1. The van der Waals surface area contributed by atoms with Crippen LogP contribution in [0.15, 0.2) is 29.3 Å². The van der Waals surface area contributed by atoms with E-state index in [1.165, 1.54) is 38.4 Å². The van der Waals surface area contributed by atoms with Crippen LogP contribution in [0.25, 0.3) is 0 Å². The Kier molecular flexibility index (Phi) is 5.49. The number of hydrogen-bond acceptors (Lipinski definition) is 2. The Morgan fingerprint density at radius 1 is 1.26 bits per heavy atom. The van der Waals surface area contributed by atoms with Gasteiger partial charge < -0.3 is 15.5 Å². The van der Waals surface area contributed by atoms with Gasteiger partial charge in [-0.2, -0.15) is 0 Å². The molecule has 0 amide bonds. The van der Waals surface area contributed by atoms with E-state index in [0.717, 1.165) is 31.0 Å². The lowest BCUT2D eigenvalue weighted by molar-refractivity contribution is 0.232. The second-order valence-electron chi connectivity index (χ2n) is 6.52. The third kappa shape index (κ3) is 4.44. The van der Waals surface area contributed by atoms with Crippen LogP contribution < -0.4 is 10.6 Å². The number of aliphatic imine (C=N–C) groups is 1. The summed E-state index contributed by atoms with van der Waals surface area (Å²) >= 11 is 0. The molecule has 1 aromatic carbocycles. The molecule has 2 aliphatic rings. The minimum atomic E-state index is -0.102. The first-order valence-corrected chi connectivity index (χ1v) is 8.72. The summed E-state index contributed by atoms with van der Waals surface area (Å²) in [5, 5.41) is 6.79. The summed E-state index contributed by atoms with van der Waals surface area (Å²) < 4.78 is 13.8. The topological polar surface area (TPSA) is 39.7 Å². The van der Waals surface area contributed by atoms with Crippen molar-refractivity contribution in [3.8, 4) is 0 Å². The summed E-state index contributed by atoms with van der Waals surface area (Å²) in [7, 11) is 1.79. The molecule has 2 N–H and O–H groups in total. The Labute approximate surface area is 138 Å². The van der Waals surface area contributed by atoms with Crippen LogP contribution in [0.2, 0.25) is 0 Å². The van der Waals surface area contributed by atoms with Crippen molar-refractivity contribution in [2.45, 2.75) is 37.6 Å². The lowest BCUT2D eigenvalue weighted by Crippen LogP contribution is -2.43. The van der Waals surface area contributed by atoms with Crippen LogP contribution in [0.1, 0.15) is 37.2 Å². The zero-order valence-electron chi connectivity index (χ0n) is 13.9. The molecular formula is C18H27FN4. The number of halogens is 1. The Bertz CT molecular complexity index is 540. The van der Waals surface area contributed by atoms with Crippen molar-refractivity contribution >= 4 is 5.96 Å². The summed E-state index contributed by atoms with van der Waals surface area (Å²) in [6.07, 6.45) is 4.97. The van der Waals surface area contributed by atoms with Crippen LogP contribution >= 0.6 is 0 Å². The molecule has 1 aromatic rings. The smallest absolute Gasteiger partial charge is 0.191 e. The Morgan fingerprint density at radius 2 is 2.04 bits per heavy atom. The maximum Gasteiger partial charge on any atom is 0.191 e. The van der Waals surface area contributed by atoms with Crippen LogP contribution in [-0.2, 0) is 0 Å². The predicted octanol–water partition coefficient (Wildman–Crippen LogP) is 2.33. The standard InChI is InChI=1S/C18H27FN4/c1-20-18(21-9-12-23-10-5-2-6-11-23)22-17-13-15(17)14-7-3-4-8-16(14)19/h3-4,7-8,15,17H,2,5-6,9-13H2,1H3,(H2,20,21,22). The summed E-state index contributed by atoms with van der Waals surface area (Å²) in [4.78, 5) is 6.79. The van der Waals surface area contributed by atoms with E-state index in [1.54, 1.807) is 13.1 Å². The molecule has 126 valence electrons. The lowest BCUT2D eigenvalue weighted by Gasteiger charge is -2.26. The normalized spacial score (nSPS) is 25.2. The molecule has 3 rings (SSSR count). The molecule has 1 aliphatic heterocycles. The van der Waals surface area contributed by atoms with Gasteiger partial charge in [-0.3, -0.25) is 4.99 Å². The molecule has 0 radical (unpaired) electrons. The zero-order chi connectivity index (χ0) is 16.1. The molecule has 23 heavy (non-hydrogen) atoms. The molecule has 1 heterocycles. The maximum absolute atomic E-state index is 13.8. The Balaban J connectivity index is 1.41. The summed E-state index contributed by atoms with van der Waals surface area (Å²) in [6.45, 7) is 4.39. The van der Waals surface area contributed by atoms with Crippen LogP contribution in [0.5, 0.6) is 0 Å². The molecule has 1 aliphatic carbocycles. The number of nitrogens with one attached hydrogen (secondary N) is 2. The zero-order valence-corrected chi connectivity index (χ0v) is 13.9. The average Bonchev–Trinajstić information content (AvgIpc) is 3.34. The lowest BCUT2D eigenvalue weighted by atomic mass is 10.1. The first-order chi connectivity index (χ1) is 11.3. The number of hydrogen-bond donors (Lipinski definition) is 2. The van der Waals surface area contributed by atoms with Gasteiger partial charge in [0.05, 0.1) is 0 Å². The van der Waals surface area contributed by atoms with E-state index in [2.05, 4.69) is 20.5 Å². The van der Waals surface area contributed by atoms with Crippen LogP contribution in [-0.4, -0.2) is 50.1 Å². The van der Waals surface area contributed by atoms with Crippen molar-refractivity contribution in [3.05, 3.63) is 35.6 Å². The number of piperidine rings is 1. The quantitative estimate of drug-likeness (QED) is 0.646. The van der Waals surface area contributed by atoms with E-state index in [0.29, 0.717) is 0 Å². The highest BCUT2D eigenvalue weighted by Gasteiger charge is 2.40. The van der Waals surface area contributed by atoms with E-state index in [4.69, 9.17) is 0 Å². The summed E-state index contributed by atoms with van der Waals surface area (Å²) in [5.41, 5.74) is 0.814. The van der Waals surface area contributed by atoms with Crippen LogP contribution in [0, 0.1) is 5.82 Å². The number of rotatable bonds is 5. The highest BCUT2D eigenvalue weighted by Crippen LogP contribution is 2.41. The Morgan fingerprint density at radius 3 is 2.78 bits per heavy atom. The minimum Gasteiger partial charge on any atom is -0.355 e. The minimum absolute atomic E-state index is 0.102. The van der Waals surface area contributed by atoms with Crippen molar-refractivity contribution in [1.29, 1.82) is 0 Å². The van der Waals surface area contributed by atoms with Crippen LogP contribution in [0.3, 0.4) is 0 Å². The van der Waals surface area contributed by atoms with Gasteiger partial charge >= 0.3 is 0 Å². The molecule has 1 saturated heterocycles. The highest BCUT2D eigenvalue weighted by molar-refractivity contribution is 5.80. The third-order valence-electron chi connectivity index (χ3n) is 4.81. The van der Waals surface area contributed by atoms with Crippen LogP contribution in [0.4, 0.5) is 4.39 Å². The number of likely N-dealkylation sites (tertiary alicyclic amines) is 1. The summed E-state index contributed by atoms with van der Waals surface area (Å²) in [5.74, 6) is 0.984. The molecule has 0 spiro atoms. The first kappa shape index (κ1) is 16.2. The monoisotopic (exact) mass is 318 g/mol. The molecule has 4 nitrogen and oxygen atoms in total. The van der Waals surface area contributed by atoms with Gasteiger partial charge in [0.2, 0.25) is 0 Å². The molecule has 1 saturated carbocycles. The SMILES string of the molecule is CN=C(NCCN1CCCCC1)NC1CC1c1ccccc1F. The molecule has 2 unspecified atom stereocenters. The number of guanidine groups is 1. The van der Waals surface area contributed by atoms with Gasteiger partial charge in [-0.15, -0.1) is 0 Å². The predicted molar refractivity (Wildman–Crippen MR) is 92.3 cm³/mol. The van der Waals surface area contributed by atoms with Gasteiger partial charge in [-0.05, 0) is 44.0 Å². The number of nitrogens with zero attached hydrogens (tertiary/aromatic N) is 2. The fourth-order valence-corrected chi connectivity index (χ4v) is 3.36. The Hall–Kier alpha value is -1.62. The van der Waals surface area contributed by atoms with E-state index in [-0.39, 0.29) is 17.8 Å². The van der Waals surface area contributed by atoms with E-state index >= 15 is 0 Å². The van der Waals surface area contributed by atoms with Crippen molar-refractivity contribution in [1.82, 2.24) is 15.5 Å². The van der Waals surface area contributed by atoms with Gasteiger partial charge in [-0.1, -0.05) is 24.6 Å². The van der Waals surface area contributed by atoms with Gasteiger partial charge in [-0.25, -0.2) is 4.39 Å². The average molecular weight is 318 g/mol. The fourth-order valence-electron chi connectivity index (χ4n) is 3.36. The van der Waals surface area contributed by atoms with Gasteiger partial charge in [0.25, 0.3) is 0 Å². The van der Waals surface area contributed by atoms with Crippen molar-refractivity contribution in [2.24, 2.45) is 4.99 Å². The van der Waals surface area contributed by atoms with Crippen molar-refractivity contribution in [2.75, 3.05) is 33.2 Å².